The van der Waals surface area contributed by atoms with E-state index in [2.05, 4.69) is 57.2 Å². The Morgan fingerprint density at radius 2 is 1.70 bits per heavy atom. The van der Waals surface area contributed by atoms with Crippen LogP contribution in [0.3, 0.4) is 0 Å². The number of hydrogen-bond acceptors (Lipinski definition) is 3. The van der Waals surface area contributed by atoms with Gasteiger partial charge in [0.25, 0.3) is 0 Å². The first-order valence-electron chi connectivity index (χ1n) is 11.9. The van der Waals surface area contributed by atoms with Crippen molar-refractivity contribution in [3.63, 3.8) is 0 Å². The predicted molar refractivity (Wildman–Crippen MR) is 123 cm³/mol. The first kappa shape index (κ1) is 20.3. The summed E-state index contributed by atoms with van der Waals surface area (Å²) in [4.78, 5) is 16.0. The molecule has 4 bridgehead atoms. The lowest BCUT2D eigenvalue weighted by molar-refractivity contribution is -0.138. The van der Waals surface area contributed by atoms with Gasteiger partial charge in [0.15, 0.2) is 5.78 Å². The first-order valence-corrected chi connectivity index (χ1v) is 11.9. The molecular formula is C27H38N2O. The molecule has 30 heavy (non-hydrogen) atoms. The summed E-state index contributed by atoms with van der Waals surface area (Å²) < 4.78 is 0. The quantitative estimate of drug-likeness (QED) is 0.706. The van der Waals surface area contributed by atoms with Crippen molar-refractivity contribution in [3.05, 3.63) is 40.5 Å². The van der Waals surface area contributed by atoms with Gasteiger partial charge in [-0.2, -0.15) is 0 Å². The SMILES string of the molecule is Cc1cc2c(cc1CN(C)C)/C(=C/C(=O)C13CC4CC(CC(C4)C1)C3)NC(C)(C)C2. The molecule has 0 amide bonds. The summed E-state index contributed by atoms with van der Waals surface area (Å²) in [5.74, 6) is 2.81. The molecule has 0 spiro atoms. The highest BCUT2D eigenvalue weighted by Crippen LogP contribution is 2.60. The number of ketones is 1. The summed E-state index contributed by atoms with van der Waals surface area (Å²) >= 11 is 0. The van der Waals surface area contributed by atoms with E-state index < -0.39 is 0 Å². The highest BCUT2D eigenvalue weighted by Gasteiger charge is 2.54. The van der Waals surface area contributed by atoms with Crippen LogP contribution in [0.15, 0.2) is 18.2 Å². The van der Waals surface area contributed by atoms with E-state index in [1.807, 2.05) is 6.08 Å². The number of carbonyl (C=O) groups is 1. The van der Waals surface area contributed by atoms with Crippen molar-refractivity contribution in [2.75, 3.05) is 14.1 Å². The second-order valence-corrected chi connectivity index (χ2v) is 12.0. The van der Waals surface area contributed by atoms with Crippen LogP contribution in [0.25, 0.3) is 5.70 Å². The molecule has 6 rings (SSSR count). The third-order valence-electron chi connectivity index (χ3n) is 8.28. The molecule has 0 radical (unpaired) electrons. The summed E-state index contributed by atoms with van der Waals surface area (Å²) in [5, 5.41) is 3.74. The molecule has 0 unspecified atom stereocenters. The van der Waals surface area contributed by atoms with Gasteiger partial charge in [0.05, 0.1) is 0 Å². The van der Waals surface area contributed by atoms with Crippen molar-refractivity contribution in [1.82, 2.24) is 10.2 Å². The molecule has 1 aliphatic heterocycles. The molecule has 1 aromatic carbocycles. The maximum absolute atomic E-state index is 13.8. The summed E-state index contributed by atoms with van der Waals surface area (Å²) in [6, 6.07) is 4.70. The van der Waals surface area contributed by atoms with Gasteiger partial charge in [-0.25, -0.2) is 0 Å². The normalized spacial score (nSPS) is 34.9. The number of benzene rings is 1. The van der Waals surface area contributed by atoms with Crippen LogP contribution in [0.4, 0.5) is 0 Å². The molecule has 4 saturated carbocycles. The van der Waals surface area contributed by atoms with E-state index in [0.29, 0.717) is 5.78 Å². The van der Waals surface area contributed by atoms with Crippen molar-refractivity contribution < 1.29 is 4.79 Å². The second-order valence-electron chi connectivity index (χ2n) is 12.0. The molecular weight excluding hydrogens is 368 g/mol. The van der Waals surface area contributed by atoms with Crippen molar-refractivity contribution in [1.29, 1.82) is 0 Å². The van der Waals surface area contributed by atoms with Gasteiger partial charge in [0, 0.05) is 34.8 Å². The second kappa shape index (κ2) is 6.95. The minimum atomic E-state index is -0.0671. The average molecular weight is 407 g/mol. The Bertz CT molecular complexity index is 872. The van der Waals surface area contributed by atoms with Gasteiger partial charge < -0.3 is 10.2 Å². The van der Waals surface area contributed by atoms with Crippen LogP contribution in [0.5, 0.6) is 0 Å². The summed E-state index contributed by atoms with van der Waals surface area (Å²) in [6.07, 6.45) is 10.6. The molecule has 5 aliphatic rings. The smallest absolute Gasteiger partial charge is 0.163 e. The number of allylic oxidation sites excluding steroid dienone is 1. The third-order valence-corrected chi connectivity index (χ3v) is 8.28. The fourth-order valence-electron chi connectivity index (χ4n) is 7.48. The molecule has 1 N–H and O–H groups in total. The minimum Gasteiger partial charge on any atom is -0.379 e. The average Bonchev–Trinajstić information content (AvgIpc) is 2.60. The number of aryl methyl sites for hydroxylation is 1. The van der Waals surface area contributed by atoms with Crippen LogP contribution >= 0.6 is 0 Å². The van der Waals surface area contributed by atoms with Gasteiger partial charge in [-0.05, 0) is 120 Å². The Morgan fingerprint density at radius 3 is 2.27 bits per heavy atom. The monoisotopic (exact) mass is 406 g/mol. The highest BCUT2D eigenvalue weighted by atomic mass is 16.1. The van der Waals surface area contributed by atoms with Crippen LogP contribution in [0, 0.1) is 30.1 Å². The summed E-state index contributed by atoms with van der Waals surface area (Å²) in [6.45, 7) is 7.65. The molecule has 0 atom stereocenters. The van der Waals surface area contributed by atoms with Gasteiger partial charge >= 0.3 is 0 Å². The molecule has 3 nitrogen and oxygen atoms in total. The van der Waals surface area contributed by atoms with E-state index in [4.69, 9.17) is 0 Å². The van der Waals surface area contributed by atoms with Crippen molar-refractivity contribution in [2.45, 2.75) is 77.8 Å². The fraction of sp³-hybridized carbons (Fsp3) is 0.667. The lowest BCUT2D eigenvalue weighted by Crippen LogP contribution is -2.50. The Morgan fingerprint density at radius 1 is 1.10 bits per heavy atom. The van der Waals surface area contributed by atoms with Crippen LogP contribution in [-0.4, -0.2) is 30.3 Å². The maximum atomic E-state index is 13.8. The zero-order chi connectivity index (χ0) is 21.3. The number of nitrogens with one attached hydrogen (secondary N) is 1. The lowest BCUT2D eigenvalue weighted by Gasteiger charge is -2.55. The molecule has 4 aliphatic carbocycles. The van der Waals surface area contributed by atoms with E-state index in [0.717, 1.165) is 55.7 Å². The summed E-state index contributed by atoms with van der Waals surface area (Å²) in [5.41, 5.74) is 6.29. The molecule has 1 aromatic rings. The Labute approximate surface area is 182 Å². The predicted octanol–water partition coefficient (Wildman–Crippen LogP) is 5.11. The first-order chi connectivity index (χ1) is 14.1. The largest absolute Gasteiger partial charge is 0.379 e. The van der Waals surface area contributed by atoms with Crippen LogP contribution in [0.1, 0.15) is 74.6 Å². The Hall–Kier alpha value is -1.61. The fourth-order valence-corrected chi connectivity index (χ4v) is 7.48. The summed E-state index contributed by atoms with van der Waals surface area (Å²) in [7, 11) is 4.24. The number of rotatable bonds is 4. The number of nitrogens with zero attached hydrogens (tertiary/aromatic N) is 1. The van der Waals surface area contributed by atoms with Gasteiger partial charge in [-0.1, -0.05) is 6.07 Å². The van der Waals surface area contributed by atoms with E-state index in [1.54, 1.807) is 0 Å². The molecule has 0 aromatic heterocycles. The van der Waals surface area contributed by atoms with E-state index in [9.17, 15) is 4.79 Å². The van der Waals surface area contributed by atoms with Crippen molar-refractivity contribution >= 4 is 11.5 Å². The molecule has 162 valence electrons. The maximum Gasteiger partial charge on any atom is 0.163 e. The lowest BCUT2D eigenvalue weighted by atomic mass is 9.48. The Kier molecular flexibility index (Phi) is 4.70. The van der Waals surface area contributed by atoms with E-state index >= 15 is 0 Å². The molecule has 1 heterocycles. The van der Waals surface area contributed by atoms with Crippen LogP contribution < -0.4 is 5.32 Å². The zero-order valence-electron chi connectivity index (χ0n) is 19.5. The molecule has 0 saturated heterocycles. The number of carbonyl (C=O) groups excluding carboxylic acids is 1. The van der Waals surface area contributed by atoms with Gasteiger partial charge in [-0.3, -0.25) is 4.79 Å². The zero-order valence-corrected chi connectivity index (χ0v) is 19.5. The van der Waals surface area contributed by atoms with E-state index in [-0.39, 0.29) is 11.0 Å². The van der Waals surface area contributed by atoms with Crippen molar-refractivity contribution in [2.24, 2.45) is 23.2 Å². The molecule has 4 fully saturated rings. The molecule has 3 heteroatoms. The third kappa shape index (κ3) is 3.53. The van der Waals surface area contributed by atoms with Crippen molar-refractivity contribution in [3.8, 4) is 0 Å². The number of hydrogen-bond donors (Lipinski definition) is 1. The topological polar surface area (TPSA) is 32.3 Å². The van der Waals surface area contributed by atoms with Gasteiger partial charge in [-0.15, -0.1) is 0 Å². The standard InChI is InChI=1S/C27H38N2O/c1-17-6-21-15-26(2,3)28-24(23(21)10-22(17)16-29(4)5)11-25(30)27-12-18-7-19(13-27)9-20(8-18)14-27/h6,10-11,18-20,28H,7-9,12-16H2,1-5H3/b24-11-. The highest BCUT2D eigenvalue weighted by molar-refractivity contribution is 6.01. The van der Waals surface area contributed by atoms with Crippen LogP contribution in [-0.2, 0) is 17.8 Å². The van der Waals surface area contributed by atoms with E-state index in [1.165, 1.54) is 41.5 Å². The van der Waals surface area contributed by atoms with Gasteiger partial charge in [0.2, 0.25) is 0 Å². The Balaban J connectivity index is 1.52. The number of fused-ring (bicyclic) bond motifs is 1. The van der Waals surface area contributed by atoms with Crippen LogP contribution in [0.2, 0.25) is 0 Å². The van der Waals surface area contributed by atoms with Gasteiger partial charge in [0.1, 0.15) is 0 Å². The minimum absolute atomic E-state index is 0.0317.